The minimum absolute atomic E-state index is 0.0832. The molecule has 0 amide bonds. The van der Waals surface area contributed by atoms with Crippen LogP contribution in [0.1, 0.15) is 32.4 Å². The van der Waals surface area contributed by atoms with Gasteiger partial charge in [-0.15, -0.1) is 0 Å². The highest BCUT2D eigenvalue weighted by Gasteiger charge is 2.19. The first-order chi connectivity index (χ1) is 8.37. The van der Waals surface area contributed by atoms with Crippen LogP contribution in [0.25, 0.3) is 0 Å². The van der Waals surface area contributed by atoms with Gasteiger partial charge in [0.2, 0.25) is 0 Å². The first-order valence-electron chi connectivity index (χ1n) is 6.02. The van der Waals surface area contributed by atoms with Crippen molar-refractivity contribution >= 4 is 11.8 Å². The Morgan fingerprint density at radius 3 is 2.56 bits per heavy atom. The number of hydrogen-bond donors (Lipinski definition) is 1. The fourth-order valence-corrected chi connectivity index (χ4v) is 2.65. The number of hydrogen-bond acceptors (Lipinski definition) is 3. The molecule has 0 heterocycles. The minimum atomic E-state index is -0.230. The van der Waals surface area contributed by atoms with Gasteiger partial charge in [-0.2, -0.15) is 11.8 Å². The second kappa shape index (κ2) is 6.43. The largest absolute Gasteiger partial charge is 0.496 e. The van der Waals surface area contributed by atoms with Gasteiger partial charge < -0.3 is 10.1 Å². The molecule has 0 aromatic heterocycles. The Morgan fingerprint density at radius 1 is 1.39 bits per heavy atom. The van der Waals surface area contributed by atoms with Crippen LogP contribution in [-0.2, 0) is 0 Å². The van der Waals surface area contributed by atoms with Crippen molar-refractivity contribution in [2.45, 2.75) is 31.6 Å². The topological polar surface area (TPSA) is 21.3 Å². The van der Waals surface area contributed by atoms with Gasteiger partial charge in [0.25, 0.3) is 0 Å². The SMILES string of the molecule is CNC(CSC(C)(C)C)c1cc(F)ccc1OC. The number of halogens is 1. The van der Waals surface area contributed by atoms with Gasteiger partial charge in [0.1, 0.15) is 11.6 Å². The number of rotatable bonds is 5. The van der Waals surface area contributed by atoms with Crippen LogP contribution in [0.2, 0.25) is 0 Å². The molecule has 1 rings (SSSR count). The number of benzene rings is 1. The number of ether oxygens (including phenoxy) is 1. The summed E-state index contributed by atoms with van der Waals surface area (Å²) in [7, 11) is 3.50. The van der Waals surface area contributed by atoms with Crippen molar-refractivity contribution in [2.24, 2.45) is 0 Å². The molecule has 1 aromatic carbocycles. The van der Waals surface area contributed by atoms with Crippen molar-refractivity contribution in [3.8, 4) is 5.75 Å². The quantitative estimate of drug-likeness (QED) is 0.883. The summed E-state index contributed by atoms with van der Waals surface area (Å²) in [4.78, 5) is 0. The second-order valence-corrected chi connectivity index (χ2v) is 7.00. The highest BCUT2D eigenvalue weighted by molar-refractivity contribution is 8.00. The van der Waals surface area contributed by atoms with Gasteiger partial charge >= 0.3 is 0 Å². The van der Waals surface area contributed by atoms with E-state index < -0.39 is 0 Å². The lowest BCUT2D eigenvalue weighted by molar-refractivity contribution is 0.402. The average molecular weight is 271 g/mol. The van der Waals surface area contributed by atoms with E-state index in [4.69, 9.17) is 4.74 Å². The summed E-state index contributed by atoms with van der Waals surface area (Å²) in [6.45, 7) is 6.52. The van der Waals surface area contributed by atoms with E-state index in [9.17, 15) is 4.39 Å². The van der Waals surface area contributed by atoms with E-state index in [1.54, 1.807) is 19.2 Å². The van der Waals surface area contributed by atoms with Crippen molar-refractivity contribution in [2.75, 3.05) is 19.9 Å². The average Bonchev–Trinajstić information content (AvgIpc) is 2.28. The zero-order valence-electron chi connectivity index (χ0n) is 11.7. The lowest BCUT2D eigenvalue weighted by atomic mass is 10.1. The van der Waals surface area contributed by atoms with E-state index in [1.165, 1.54) is 6.07 Å². The maximum atomic E-state index is 13.4. The summed E-state index contributed by atoms with van der Waals surface area (Å²) in [6, 6.07) is 4.73. The van der Waals surface area contributed by atoms with Gasteiger partial charge in [-0.3, -0.25) is 0 Å². The predicted octanol–water partition coefficient (Wildman–Crippen LogP) is 3.63. The molecule has 0 aliphatic heterocycles. The lowest BCUT2D eigenvalue weighted by Crippen LogP contribution is -2.22. The summed E-state index contributed by atoms with van der Waals surface area (Å²) in [5.41, 5.74) is 0.872. The molecule has 2 nitrogen and oxygen atoms in total. The van der Waals surface area contributed by atoms with Crippen molar-refractivity contribution in [1.82, 2.24) is 5.32 Å². The highest BCUT2D eigenvalue weighted by atomic mass is 32.2. The second-order valence-electron chi connectivity index (χ2n) is 5.15. The molecule has 0 bridgehead atoms. The van der Waals surface area contributed by atoms with Gasteiger partial charge in [-0.1, -0.05) is 20.8 Å². The molecule has 18 heavy (non-hydrogen) atoms. The monoisotopic (exact) mass is 271 g/mol. The molecule has 0 saturated heterocycles. The number of nitrogens with one attached hydrogen (secondary N) is 1. The molecule has 0 aliphatic rings. The smallest absolute Gasteiger partial charge is 0.123 e. The zero-order valence-corrected chi connectivity index (χ0v) is 12.5. The summed E-state index contributed by atoms with van der Waals surface area (Å²) in [5.74, 6) is 1.37. The van der Waals surface area contributed by atoms with Crippen LogP contribution in [0.5, 0.6) is 5.75 Å². The van der Waals surface area contributed by atoms with Crippen LogP contribution < -0.4 is 10.1 Å². The van der Waals surface area contributed by atoms with E-state index in [2.05, 4.69) is 26.1 Å². The molecule has 0 aliphatic carbocycles. The van der Waals surface area contributed by atoms with E-state index in [0.717, 1.165) is 17.1 Å². The summed E-state index contributed by atoms with van der Waals surface area (Å²) in [6.07, 6.45) is 0. The molecule has 1 atom stereocenters. The van der Waals surface area contributed by atoms with Crippen molar-refractivity contribution in [1.29, 1.82) is 0 Å². The third kappa shape index (κ3) is 4.50. The van der Waals surface area contributed by atoms with E-state index in [-0.39, 0.29) is 16.6 Å². The third-order valence-electron chi connectivity index (χ3n) is 2.60. The maximum absolute atomic E-state index is 13.4. The van der Waals surface area contributed by atoms with Gasteiger partial charge in [0, 0.05) is 22.1 Å². The molecule has 4 heteroatoms. The maximum Gasteiger partial charge on any atom is 0.123 e. The van der Waals surface area contributed by atoms with E-state index in [1.807, 2.05) is 18.8 Å². The minimum Gasteiger partial charge on any atom is -0.496 e. The summed E-state index contributed by atoms with van der Waals surface area (Å²) < 4.78 is 18.9. The fourth-order valence-electron chi connectivity index (χ4n) is 1.64. The first kappa shape index (κ1) is 15.3. The molecule has 0 saturated carbocycles. The Morgan fingerprint density at radius 2 is 2.06 bits per heavy atom. The molecule has 102 valence electrons. The molecular formula is C14H22FNOS. The van der Waals surface area contributed by atoms with Crippen molar-refractivity contribution < 1.29 is 9.13 Å². The van der Waals surface area contributed by atoms with Gasteiger partial charge in [0.15, 0.2) is 0 Å². The number of methoxy groups -OCH3 is 1. The Hall–Kier alpha value is -0.740. The van der Waals surface area contributed by atoms with Gasteiger partial charge in [-0.05, 0) is 25.2 Å². The van der Waals surface area contributed by atoms with Crippen molar-refractivity contribution in [3.05, 3.63) is 29.6 Å². The molecule has 1 unspecified atom stereocenters. The molecular weight excluding hydrogens is 249 g/mol. The van der Waals surface area contributed by atoms with E-state index >= 15 is 0 Å². The zero-order chi connectivity index (χ0) is 13.8. The van der Waals surface area contributed by atoms with Gasteiger partial charge in [0.05, 0.1) is 7.11 Å². The lowest BCUT2D eigenvalue weighted by Gasteiger charge is -2.24. The first-order valence-corrected chi connectivity index (χ1v) is 7.00. The third-order valence-corrected chi connectivity index (χ3v) is 3.96. The van der Waals surface area contributed by atoms with Crippen LogP contribution in [-0.4, -0.2) is 24.7 Å². The molecule has 1 N–H and O–H groups in total. The van der Waals surface area contributed by atoms with E-state index in [0.29, 0.717) is 0 Å². The highest BCUT2D eigenvalue weighted by Crippen LogP contribution is 2.32. The van der Waals surface area contributed by atoms with Gasteiger partial charge in [-0.25, -0.2) is 4.39 Å². The standard InChI is InChI=1S/C14H22FNOS/c1-14(2,3)18-9-12(16-4)11-8-10(15)6-7-13(11)17-5/h6-8,12,16H,9H2,1-5H3. The predicted molar refractivity (Wildman–Crippen MR) is 77.0 cm³/mol. The molecule has 1 aromatic rings. The summed E-state index contributed by atoms with van der Waals surface area (Å²) >= 11 is 1.85. The summed E-state index contributed by atoms with van der Waals surface area (Å²) in [5, 5.41) is 3.23. The molecule has 0 radical (unpaired) electrons. The Labute approximate surface area is 113 Å². The fraction of sp³-hybridized carbons (Fsp3) is 0.571. The number of thioether (sulfide) groups is 1. The normalized spacial score (nSPS) is 13.4. The van der Waals surface area contributed by atoms with Crippen LogP contribution in [0.3, 0.4) is 0 Å². The molecule has 0 fully saturated rings. The van der Waals surface area contributed by atoms with Crippen LogP contribution in [0.4, 0.5) is 4.39 Å². The van der Waals surface area contributed by atoms with Crippen molar-refractivity contribution in [3.63, 3.8) is 0 Å². The Kier molecular flexibility index (Phi) is 5.47. The van der Waals surface area contributed by atoms with Crippen LogP contribution in [0, 0.1) is 5.82 Å². The Balaban J connectivity index is 2.90. The van der Waals surface area contributed by atoms with Crippen LogP contribution >= 0.6 is 11.8 Å². The van der Waals surface area contributed by atoms with Crippen LogP contribution in [0.15, 0.2) is 18.2 Å². The Bertz CT molecular complexity index is 390. The molecule has 0 spiro atoms.